The van der Waals surface area contributed by atoms with Crippen molar-refractivity contribution >= 4 is 29.7 Å². The second-order valence-electron chi connectivity index (χ2n) is 9.62. The largest absolute Gasteiger partial charge is 0.508 e. The molecule has 3 atom stereocenters. The molecule has 43 heavy (non-hydrogen) atoms. The first-order valence-electron chi connectivity index (χ1n) is 13.8. The molecule has 2 aromatic carbocycles. The van der Waals surface area contributed by atoms with E-state index in [-0.39, 0.29) is 37.5 Å². The Morgan fingerprint density at radius 2 is 1.53 bits per heavy atom. The fraction of sp³-hybridized carbons (Fsp3) is 0.367. The number of ether oxygens (including phenoxy) is 1. The summed E-state index contributed by atoms with van der Waals surface area (Å²) in [6.07, 6.45) is 1.79. The van der Waals surface area contributed by atoms with Gasteiger partial charge in [-0.3, -0.25) is 14.4 Å². The Hall–Kier alpha value is -4.65. The molecule has 0 saturated carbocycles. The summed E-state index contributed by atoms with van der Waals surface area (Å²) >= 11 is 0. The number of aromatic hydroxyl groups is 1. The van der Waals surface area contributed by atoms with Crippen LogP contribution in [0.15, 0.2) is 54.6 Å². The van der Waals surface area contributed by atoms with Crippen LogP contribution in [0, 0.1) is 13.3 Å². The lowest BCUT2D eigenvalue weighted by Gasteiger charge is -2.25. The van der Waals surface area contributed by atoms with Crippen LogP contribution in [0.5, 0.6) is 5.75 Å². The van der Waals surface area contributed by atoms with Crippen LogP contribution in [0.4, 0.5) is 9.59 Å². The zero-order chi connectivity index (χ0) is 31.6. The number of Topliss-reactive ketones (excluding diaryl/α,β-unsaturated/α-hetero) is 1. The van der Waals surface area contributed by atoms with Crippen LogP contribution < -0.4 is 27.0 Å². The number of rotatable bonds is 18. The zero-order valence-electron chi connectivity index (χ0n) is 23.8. The number of alkyl carbamates (subject to hydrolysis) is 1. The van der Waals surface area contributed by atoms with Gasteiger partial charge in [-0.15, -0.1) is 0 Å². The number of hydrogen-bond donors (Lipinski definition) is 7. The number of benzene rings is 2. The second kappa shape index (κ2) is 18.7. The summed E-state index contributed by atoms with van der Waals surface area (Å²) in [7, 11) is 0. The molecule has 2 radical (unpaired) electrons. The Balaban J connectivity index is 2.14. The molecule has 13 nitrogen and oxygen atoms in total. The van der Waals surface area contributed by atoms with Crippen molar-refractivity contribution < 1.29 is 38.9 Å². The monoisotopic (exact) mass is 597 g/mol. The highest BCUT2D eigenvalue weighted by Gasteiger charge is 2.30. The van der Waals surface area contributed by atoms with Crippen molar-refractivity contribution in [3.8, 4) is 5.75 Å². The van der Waals surface area contributed by atoms with E-state index in [4.69, 9.17) is 10.5 Å². The first kappa shape index (κ1) is 34.6. The number of aliphatic hydroxyl groups excluding tert-OH is 1. The number of phenols is 1. The van der Waals surface area contributed by atoms with Gasteiger partial charge in [0.05, 0.1) is 12.6 Å². The summed E-state index contributed by atoms with van der Waals surface area (Å²) in [5.74, 6) is -1.92. The van der Waals surface area contributed by atoms with Crippen molar-refractivity contribution in [2.24, 2.45) is 5.73 Å². The molecule has 0 aliphatic carbocycles. The Morgan fingerprint density at radius 3 is 2.16 bits per heavy atom. The average Bonchev–Trinajstić information content (AvgIpc) is 2.99. The molecule has 13 heteroatoms. The first-order valence-corrected chi connectivity index (χ1v) is 13.8. The Morgan fingerprint density at radius 1 is 0.884 bits per heavy atom. The lowest BCUT2D eigenvalue weighted by atomic mass is 10.00. The highest BCUT2D eigenvalue weighted by Crippen LogP contribution is 2.13. The number of unbranched alkanes of at least 4 members (excludes halogenated alkanes) is 1. The van der Waals surface area contributed by atoms with Crippen LogP contribution in [0.3, 0.4) is 0 Å². The van der Waals surface area contributed by atoms with Gasteiger partial charge < -0.3 is 42.0 Å². The van der Waals surface area contributed by atoms with Gasteiger partial charge in [0.1, 0.15) is 24.4 Å². The number of phenolic OH excluding ortho intramolecular Hbond substituents is 1. The van der Waals surface area contributed by atoms with Gasteiger partial charge in [-0.1, -0.05) is 55.8 Å². The van der Waals surface area contributed by atoms with Crippen molar-refractivity contribution in [3.63, 3.8) is 0 Å². The molecule has 0 saturated heterocycles. The van der Waals surface area contributed by atoms with E-state index in [0.717, 1.165) is 5.56 Å². The maximum atomic E-state index is 13.5. The van der Waals surface area contributed by atoms with Crippen molar-refractivity contribution in [3.05, 3.63) is 79.1 Å². The first-order chi connectivity index (χ1) is 20.6. The van der Waals surface area contributed by atoms with Crippen LogP contribution in [-0.4, -0.2) is 71.2 Å². The highest BCUT2D eigenvalue weighted by molar-refractivity contribution is 5.97. The van der Waals surface area contributed by atoms with E-state index in [1.807, 2.05) is 0 Å². The lowest BCUT2D eigenvalue weighted by molar-refractivity contribution is -0.132. The van der Waals surface area contributed by atoms with Gasteiger partial charge in [-0.05, 0) is 42.5 Å². The second-order valence-corrected chi connectivity index (χ2v) is 9.62. The van der Waals surface area contributed by atoms with Crippen LogP contribution >= 0.6 is 0 Å². The van der Waals surface area contributed by atoms with E-state index in [9.17, 15) is 34.2 Å². The molecule has 8 N–H and O–H groups in total. The van der Waals surface area contributed by atoms with Crippen LogP contribution in [-0.2, 0) is 32.1 Å². The summed E-state index contributed by atoms with van der Waals surface area (Å²) in [5, 5.41) is 29.3. The van der Waals surface area contributed by atoms with Crippen LogP contribution in [0.2, 0.25) is 0 Å². The predicted molar refractivity (Wildman–Crippen MR) is 157 cm³/mol. The standard InChI is InChI=1S/C30H39N5O8/c1-2-3-11-26(38)23(10-7-16-32-29(31)41)33-27(39)24(17-20-12-14-22(37)15-13-20)34-28(40)25(18-36)35-30(42)43-19-21-8-5-4-6-9-21/h4-6,8-9,11-15,23-25,36-37H,1-3,7,10,16-19H2,(H,33,39)(H,34,40)(H,35,42)(H3,31,32,41)/t23-,24+,25+/m1/s1. The number of ketones is 1. The highest BCUT2D eigenvalue weighted by atomic mass is 16.5. The maximum Gasteiger partial charge on any atom is 0.408 e. The van der Waals surface area contributed by atoms with Gasteiger partial charge in [-0.2, -0.15) is 0 Å². The van der Waals surface area contributed by atoms with Gasteiger partial charge in [0.25, 0.3) is 0 Å². The molecule has 0 spiro atoms. The third-order valence-corrected chi connectivity index (χ3v) is 6.19. The maximum absolute atomic E-state index is 13.5. The van der Waals surface area contributed by atoms with E-state index >= 15 is 0 Å². The van der Waals surface area contributed by atoms with Gasteiger partial charge >= 0.3 is 12.1 Å². The fourth-order valence-electron chi connectivity index (χ4n) is 3.91. The smallest absolute Gasteiger partial charge is 0.408 e. The number of amides is 5. The lowest BCUT2D eigenvalue weighted by Crippen LogP contribution is -2.57. The summed E-state index contributed by atoms with van der Waals surface area (Å²) in [6.45, 7) is 3.04. The molecule has 2 aromatic rings. The third kappa shape index (κ3) is 13.3. The molecule has 0 aromatic heterocycles. The van der Waals surface area contributed by atoms with Gasteiger partial charge in [0.2, 0.25) is 11.8 Å². The quantitative estimate of drug-likeness (QED) is 0.123. The SMILES string of the molecule is [CH2]CC[CH]C(=O)[C@@H](CCCNC(N)=O)NC(=O)[C@H](Cc1ccc(O)cc1)NC(=O)[C@H](CO)NC(=O)OCc1ccccc1. The molecular formula is C30H39N5O8. The molecule has 0 heterocycles. The van der Waals surface area contributed by atoms with E-state index in [0.29, 0.717) is 24.8 Å². The Bertz CT molecular complexity index is 1190. The van der Waals surface area contributed by atoms with Gasteiger partial charge in [0, 0.05) is 19.4 Å². The van der Waals surface area contributed by atoms with E-state index in [1.54, 1.807) is 42.5 Å². The minimum absolute atomic E-state index is 0.00327. The molecule has 0 unspecified atom stereocenters. The van der Waals surface area contributed by atoms with Crippen LogP contribution in [0.1, 0.15) is 36.8 Å². The third-order valence-electron chi connectivity index (χ3n) is 6.19. The average molecular weight is 598 g/mol. The van der Waals surface area contributed by atoms with Crippen molar-refractivity contribution in [2.75, 3.05) is 13.2 Å². The Labute approximate surface area is 250 Å². The van der Waals surface area contributed by atoms with Crippen molar-refractivity contribution in [2.45, 2.75) is 56.8 Å². The molecule has 232 valence electrons. The summed E-state index contributed by atoms with van der Waals surface area (Å²) < 4.78 is 5.12. The van der Waals surface area contributed by atoms with Gasteiger partial charge in [0.15, 0.2) is 5.78 Å². The van der Waals surface area contributed by atoms with Gasteiger partial charge in [-0.25, -0.2) is 9.59 Å². The summed E-state index contributed by atoms with van der Waals surface area (Å²) in [6, 6.07) is 10.4. The number of urea groups is 1. The number of aliphatic hydroxyl groups is 1. The van der Waals surface area contributed by atoms with Crippen LogP contribution in [0.25, 0.3) is 0 Å². The molecule has 0 aliphatic heterocycles. The molecular weight excluding hydrogens is 558 g/mol. The summed E-state index contributed by atoms with van der Waals surface area (Å²) in [4.78, 5) is 62.7. The molecule has 0 bridgehead atoms. The number of primary amides is 1. The number of hydrogen-bond acceptors (Lipinski definition) is 8. The number of nitrogens with one attached hydrogen (secondary N) is 4. The predicted octanol–water partition coefficient (Wildman–Crippen LogP) is 1.03. The Kier molecular flexibility index (Phi) is 15.0. The zero-order valence-corrected chi connectivity index (χ0v) is 23.8. The number of carbonyl (C=O) groups is 5. The van der Waals surface area contributed by atoms with Crippen molar-refractivity contribution in [1.82, 2.24) is 21.3 Å². The molecule has 5 amide bonds. The molecule has 0 aliphatic rings. The number of carbonyl (C=O) groups excluding carboxylic acids is 5. The van der Waals surface area contributed by atoms with Crippen molar-refractivity contribution in [1.29, 1.82) is 0 Å². The van der Waals surface area contributed by atoms with E-state index < -0.39 is 48.7 Å². The summed E-state index contributed by atoms with van der Waals surface area (Å²) in [5.41, 5.74) is 6.38. The molecule has 2 rings (SSSR count). The fourth-order valence-corrected chi connectivity index (χ4v) is 3.91. The molecule has 0 fully saturated rings. The topological polar surface area (TPSA) is 209 Å². The minimum atomic E-state index is -1.44. The minimum Gasteiger partial charge on any atom is -0.508 e. The van der Waals surface area contributed by atoms with E-state index in [1.165, 1.54) is 18.6 Å². The van der Waals surface area contributed by atoms with E-state index in [2.05, 4.69) is 28.2 Å². The number of nitrogens with two attached hydrogens (primary N) is 1. The normalized spacial score (nSPS) is 12.7.